The molecule has 21 heavy (non-hydrogen) atoms. The molecule has 6 heteroatoms. The van der Waals surface area contributed by atoms with Crippen molar-refractivity contribution >= 4 is 28.1 Å². The second-order valence-electron chi connectivity index (χ2n) is 4.57. The summed E-state index contributed by atoms with van der Waals surface area (Å²) >= 11 is 3.33. The van der Waals surface area contributed by atoms with Gasteiger partial charge in [-0.05, 0) is 38.1 Å². The number of nitrogens with zero attached hydrogens (tertiary/aromatic N) is 1. The minimum Gasteiger partial charge on any atom is -0.496 e. The van der Waals surface area contributed by atoms with Gasteiger partial charge >= 0.3 is 0 Å². The molecule has 2 aromatic rings. The van der Waals surface area contributed by atoms with E-state index in [-0.39, 0.29) is 5.91 Å². The average molecular weight is 351 g/mol. The van der Waals surface area contributed by atoms with Crippen LogP contribution in [0.2, 0.25) is 0 Å². The molecular formula is C15H15BrN2O3. The van der Waals surface area contributed by atoms with Gasteiger partial charge in [-0.3, -0.25) is 19.7 Å². The molecule has 2 rings (SSSR count). The van der Waals surface area contributed by atoms with E-state index >= 15 is 0 Å². The number of rotatable bonds is 4. The Kier molecular flexibility index (Phi) is 4.47. The molecule has 110 valence electrons. The maximum atomic E-state index is 12.4. The van der Waals surface area contributed by atoms with Crippen LogP contribution in [-0.4, -0.2) is 24.0 Å². The molecule has 1 heterocycles. The van der Waals surface area contributed by atoms with Crippen LogP contribution in [0.4, 0.5) is 0 Å². The van der Waals surface area contributed by atoms with Gasteiger partial charge < -0.3 is 4.74 Å². The molecule has 1 amide bonds. The zero-order valence-electron chi connectivity index (χ0n) is 11.9. The Hall–Kier alpha value is -2.08. The molecule has 5 nitrogen and oxygen atoms in total. The van der Waals surface area contributed by atoms with Crippen molar-refractivity contribution in [2.24, 2.45) is 0 Å². The van der Waals surface area contributed by atoms with Gasteiger partial charge in [0.25, 0.3) is 5.91 Å². The predicted molar refractivity (Wildman–Crippen MR) is 83.7 cm³/mol. The number of ether oxygens (including phenoxy) is 1. The summed E-state index contributed by atoms with van der Waals surface area (Å²) in [6.07, 6.45) is 0.769. The minimum absolute atomic E-state index is 0.313. The molecule has 1 N–H and O–H groups in total. The highest BCUT2D eigenvalue weighted by Gasteiger charge is 2.16. The van der Waals surface area contributed by atoms with E-state index in [9.17, 15) is 9.59 Å². The maximum absolute atomic E-state index is 12.4. The summed E-state index contributed by atoms with van der Waals surface area (Å²) in [5.74, 6) is 0.168. The van der Waals surface area contributed by atoms with Gasteiger partial charge in [-0.2, -0.15) is 0 Å². The van der Waals surface area contributed by atoms with Crippen molar-refractivity contribution in [2.75, 3.05) is 12.5 Å². The van der Waals surface area contributed by atoms with E-state index in [0.717, 1.165) is 16.5 Å². The molecule has 0 bridgehead atoms. The number of aromatic nitrogens is 1. The number of nitrogens with one attached hydrogen (secondary N) is 1. The molecule has 0 saturated heterocycles. The molecule has 0 aliphatic carbocycles. The highest BCUT2D eigenvalue weighted by atomic mass is 79.9. The standard InChI is InChI=1S/C15H15BrN2O3/c1-9-6-11(8-19)10(2)18(9)17-15(20)13-7-12(16)4-5-14(13)21-3/h4-8H,1-3H3,(H,17,20). The topological polar surface area (TPSA) is 60.3 Å². The SMILES string of the molecule is COc1ccc(Br)cc1C(=O)Nn1c(C)cc(C=O)c1C. The third kappa shape index (κ3) is 3.00. The Bertz CT molecular complexity index is 707. The summed E-state index contributed by atoms with van der Waals surface area (Å²) in [6.45, 7) is 3.59. The van der Waals surface area contributed by atoms with Crippen molar-refractivity contribution in [1.29, 1.82) is 0 Å². The first-order valence-electron chi connectivity index (χ1n) is 6.27. The van der Waals surface area contributed by atoms with E-state index in [0.29, 0.717) is 22.6 Å². The molecular weight excluding hydrogens is 336 g/mol. The number of hydrogen-bond acceptors (Lipinski definition) is 3. The summed E-state index contributed by atoms with van der Waals surface area (Å²) in [5, 5.41) is 0. The smallest absolute Gasteiger partial charge is 0.273 e. The van der Waals surface area contributed by atoms with Crippen LogP contribution in [0.25, 0.3) is 0 Å². The Balaban J connectivity index is 2.37. The van der Waals surface area contributed by atoms with Crippen LogP contribution in [0.1, 0.15) is 32.1 Å². The number of hydrogen-bond donors (Lipinski definition) is 1. The molecule has 1 aromatic carbocycles. The van der Waals surface area contributed by atoms with Crippen molar-refractivity contribution in [1.82, 2.24) is 4.68 Å². The Morgan fingerprint density at radius 1 is 1.33 bits per heavy atom. The summed E-state index contributed by atoms with van der Waals surface area (Å²) in [5.41, 5.74) is 5.19. The van der Waals surface area contributed by atoms with Crippen LogP contribution in [0.15, 0.2) is 28.7 Å². The number of benzene rings is 1. The number of carbonyl (C=O) groups is 2. The number of carbonyl (C=O) groups excluding carboxylic acids is 2. The molecule has 0 saturated carbocycles. The van der Waals surface area contributed by atoms with Crippen molar-refractivity contribution in [3.63, 3.8) is 0 Å². The van der Waals surface area contributed by atoms with Crippen molar-refractivity contribution in [3.05, 3.63) is 51.3 Å². The summed E-state index contributed by atoms with van der Waals surface area (Å²) in [7, 11) is 1.51. The van der Waals surface area contributed by atoms with Crippen LogP contribution in [0, 0.1) is 13.8 Å². The first kappa shape index (κ1) is 15.3. The number of aldehydes is 1. The normalized spacial score (nSPS) is 10.3. The first-order valence-corrected chi connectivity index (χ1v) is 7.06. The number of halogens is 1. The lowest BCUT2D eigenvalue weighted by molar-refractivity contribution is 0.100. The molecule has 0 unspecified atom stereocenters. The van der Waals surface area contributed by atoms with E-state index in [1.165, 1.54) is 7.11 Å². The fourth-order valence-corrected chi connectivity index (χ4v) is 2.46. The average Bonchev–Trinajstić information content (AvgIpc) is 2.74. The highest BCUT2D eigenvalue weighted by molar-refractivity contribution is 9.10. The number of aryl methyl sites for hydroxylation is 1. The van der Waals surface area contributed by atoms with Crippen molar-refractivity contribution in [2.45, 2.75) is 13.8 Å². The lowest BCUT2D eigenvalue weighted by atomic mass is 10.2. The maximum Gasteiger partial charge on any atom is 0.273 e. The van der Waals surface area contributed by atoms with Crippen LogP contribution in [0.5, 0.6) is 5.75 Å². The molecule has 0 aliphatic rings. The second-order valence-corrected chi connectivity index (χ2v) is 5.48. The molecule has 0 radical (unpaired) electrons. The highest BCUT2D eigenvalue weighted by Crippen LogP contribution is 2.23. The quantitative estimate of drug-likeness (QED) is 0.862. The fraction of sp³-hybridized carbons (Fsp3) is 0.200. The number of amides is 1. The van der Waals surface area contributed by atoms with Gasteiger partial charge in [0.1, 0.15) is 5.75 Å². The Morgan fingerprint density at radius 3 is 2.62 bits per heavy atom. The molecule has 0 spiro atoms. The van der Waals surface area contributed by atoms with Gasteiger partial charge in [0, 0.05) is 21.4 Å². The van der Waals surface area contributed by atoms with Gasteiger partial charge in [-0.1, -0.05) is 15.9 Å². The van der Waals surface area contributed by atoms with Gasteiger partial charge in [-0.25, -0.2) is 0 Å². The third-order valence-corrected chi connectivity index (χ3v) is 3.71. The van der Waals surface area contributed by atoms with Gasteiger partial charge in [0.05, 0.1) is 12.7 Å². The van der Waals surface area contributed by atoms with Crippen LogP contribution < -0.4 is 10.2 Å². The van der Waals surface area contributed by atoms with Crippen LogP contribution >= 0.6 is 15.9 Å². The van der Waals surface area contributed by atoms with E-state index in [1.807, 2.05) is 6.92 Å². The summed E-state index contributed by atoms with van der Waals surface area (Å²) < 4.78 is 7.57. The molecule has 0 fully saturated rings. The largest absolute Gasteiger partial charge is 0.496 e. The zero-order valence-corrected chi connectivity index (χ0v) is 13.5. The lowest BCUT2D eigenvalue weighted by Crippen LogP contribution is -2.25. The van der Waals surface area contributed by atoms with E-state index in [2.05, 4.69) is 21.4 Å². The molecule has 0 aliphatic heterocycles. The minimum atomic E-state index is -0.313. The van der Waals surface area contributed by atoms with Crippen LogP contribution in [0.3, 0.4) is 0 Å². The second kappa shape index (κ2) is 6.13. The molecule has 1 aromatic heterocycles. The van der Waals surface area contributed by atoms with Gasteiger partial charge in [0.2, 0.25) is 0 Å². The summed E-state index contributed by atoms with van der Waals surface area (Å²) in [6, 6.07) is 6.92. The molecule has 0 atom stereocenters. The van der Waals surface area contributed by atoms with Crippen LogP contribution in [-0.2, 0) is 0 Å². The third-order valence-electron chi connectivity index (χ3n) is 3.22. The fourth-order valence-electron chi connectivity index (χ4n) is 2.10. The Morgan fingerprint density at radius 2 is 2.05 bits per heavy atom. The summed E-state index contributed by atoms with van der Waals surface area (Å²) in [4.78, 5) is 23.4. The lowest BCUT2D eigenvalue weighted by Gasteiger charge is -2.13. The number of methoxy groups -OCH3 is 1. The zero-order chi connectivity index (χ0) is 15.6. The van der Waals surface area contributed by atoms with E-state index < -0.39 is 0 Å². The first-order chi connectivity index (χ1) is 9.97. The van der Waals surface area contributed by atoms with Crippen molar-refractivity contribution in [3.8, 4) is 5.75 Å². The van der Waals surface area contributed by atoms with E-state index in [4.69, 9.17) is 4.74 Å². The van der Waals surface area contributed by atoms with E-state index in [1.54, 1.807) is 35.9 Å². The van der Waals surface area contributed by atoms with Gasteiger partial charge in [0.15, 0.2) is 6.29 Å². The van der Waals surface area contributed by atoms with Crippen molar-refractivity contribution < 1.29 is 14.3 Å². The monoisotopic (exact) mass is 350 g/mol. The Labute approximate surface area is 131 Å². The predicted octanol–water partition coefficient (Wildman–Crippen LogP) is 3.07. The van der Waals surface area contributed by atoms with Gasteiger partial charge in [-0.15, -0.1) is 0 Å².